The van der Waals surface area contributed by atoms with Crippen molar-refractivity contribution in [2.75, 3.05) is 0 Å². The molecule has 0 bridgehead atoms. The summed E-state index contributed by atoms with van der Waals surface area (Å²) in [4.78, 5) is 22.9. The molecule has 0 radical (unpaired) electrons. The highest BCUT2D eigenvalue weighted by Crippen LogP contribution is 2.24. The second-order valence-corrected chi connectivity index (χ2v) is 5.33. The third-order valence-electron chi connectivity index (χ3n) is 3.94. The molecule has 3 N–H and O–H groups in total. The Morgan fingerprint density at radius 1 is 1.39 bits per heavy atom. The summed E-state index contributed by atoms with van der Waals surface area (Å²) in [6.07, 6.45) is 3.95. The normalized spacial score (nSPS) is 26.4. The van der Waals surface area contributed by atoms with E-state index in [1.54, 1.807) is 0 Å². The molecular formula is C13H24N2O3. The van der Waals surface area contributed by atoms with Crippen LogP contribution in [0, 0.1) is 11.8 Å². The number of carbonyl (C=O) groups is 2. The zero-order valence-corrected chi connectivity index (χ0v) is 11.4. The van der Waals surface area contributed by atoms with Gasteiger partial charge in [-0.1, -0.05) is 33.6 Å². The Bertz CT molecular complexity index is 307. The lowest BCUT2D eigenvalue weighted by atomic mass is 9.99. The van der Waals surface area contributed by atoms with Crippen molar-refractivity contribution in [3.8, 4) is 0 Å². The number of carboxylic acid groups (broad SMARTS) is 1. The molecule has 1 fully saturated rings. The highest BCUT2D eigenvalue weighted by molar-refractivity contribution is 5.82. The molecule has 18 heavy (non-hydrogen) atoms. The van der Waals surface area contributed by atoms with Crippen LogP contribution in [0.5, 0.6) is 0 Å². The van der Waals surface area contributed by atoms with Gasteiger partial charge in [-0.15, -0.1) is 0 Å². The van der Waals surface area contributed by atoms with Crippen molar-refractivity contribution in [3.05, 3.63) is 0 Å². The van der Waals surface area contributed by atoms with Crippen molar-refractivity contribution >= 4 is 12.0 Å². The van der Waals surface area contributed by atoms with Crippen molar-refractivity contribution in [2.24, 2.45) is 11.8 Å². The van der Waals surface area contributed by atoms with Gasteiger partial charge in [0, 0.05) is 6.04 Å². The Hall–Kier alpha value is -1.26. The number of urea groups is 1. The summed E-state index contributed by atoms with van der Waals surface area (Å²) in [5, 5.41) is 14.5. The molecule has 4 atom stereocenters. The maximum atomic E-state index is 11.8. The molecule has 0 saturated heterocycles. The molecule has 2 amide bonds. The topological polar surface area (TPSA) is 78.4 Å². The molecule has 0 aromatic heterocycles. The van der Waals surface area contributed by atoms with E-state index in [2.05, 4.69) is 17.6 Å². The van der Waals surface area contributed by atoms with Crippen LogP contribution in [0.4, 0.5) is 4.79 Å². The van der Waals surface area contributed by atoms with Gasteiger partial charge in [-0.25, -0.2) is 9.59 Å². The van der Waals surface area contributed by atoms with Gasteiger partial charge in [0.25, 0.3) is 0 Å². The molecule has 0 aromatic carbocycles. The molecule has 5 heteroatoms. The SMILES string of the molecule is CCC(C)[C@H](NC(=O)NC1CCCC1C)C(=O)O. The molecule has 0 aliphatic heterocycles. The van der Waals surface area contributed by atoms with Gasteiger partial charge in [0.1, 0.15) is 6.04 Å². The fourth-order valence-corrected chi connectivity index (χ4v) is 2.39. The monoisotopic (exact) mass is 256 g/mol. The fraction of sp³-hybridized carbons (Fsp3) is 0.846. The first kappa shape index (κ1) is 14.8. The van der Waals surface area contributed by atoms with E-state index >= 15 is 0 Å². The van der Waals surface area contributed by atoms with E-state index < -0.39 is 12.0 Å². The van der Waals surface area contributed by atoms with Crippen LogP contribution in [0.2, 0.25) is 0 Å². The molecule has 0 aromatic rings. The zero-order valence-electron chi connectivity index (χ0n) is 11.4. The van der Waals surface area contributed by atoms with E-state index in [1.165, 1.54) is 0 Å². The van der Waals surface area contributed by atoms with Gasteiger partial charge in [0.05, 0.1) is 0 Å². The maximum absolute atomic E-state index is 11.8. The first-order valence-electron chi connectivity index (χ1n) is 6.75. The predicted molar refractivity (Wildman–Crippen MR) is 69.3 cm³/mol. The minimum absolute atomic E-state index is 0.0748. The van der Waals surface area contributed by atoms with Crippen LogP contribution in [0.15, 0.2) is 0 Å². The van der Waals surface area contributed by atoms with Crippen molar-refractivity contribution < 1.29 is 14.7 Å². The van der Waals surface area contributed by atoms with Gasteiger partial charge in [0.2, 0.25) is 0 Å². The van der Waals surface area contributed by atoms with Gasteiger partial charge in [-0.2, -0.15) is 0 Å². The van der Waals surface area contributed by atoms with Crippen molar-refractivity contribution in [1.82, 2.24) is 10.6 Å². The van der Waals surface area contributed by atoms with E-state index in [4.69, 9.17) is 5.11 Å². The standard InChI is InChI=1S/C13H24N2O3/c1-4-8(2)11(12(16)17)15-13(18)14-10-7-5-6-9(10)3/h8-11H,4-7H2,1-3H3,(H,16,17)(H2,14,15,18)/t8?,9?,10?,11-/m0/s1. The van der Waals surface area contributed by atoms with Crippen LogP contribution in [0.3, 0.4) is 0 Å². The number of aliphatic carboxylic acids is 1. The first-order valence-corrected chi connectivity index (χ1v) is 6.75. The molecule has 3 unspecified atom stereocenters. The molecule has 1 rings (SSSR count). The van der Waals surface area contributed by atoms with Crippen LogP contribution in [-0.2, 0) is 4.79 Å². The Kier molecular flexibility index (Phi) is 5.44. The highest BCUT2D eigenvalue weighted by Gasteiger charge is 2.28. The van der Waals surface area contributed by atoms with Crippen LogP contribution in [0.25, 0.3) is 0 Å². The predicted octanol–water partition coefficient (Wildman–Crippen LogP) is 1.97. The third kappa shape index (κ3) is 3.89. The summed E-state index contributed by atoms with van der Waals surface area (Å²) in [5.41, 5.74) is 0. The Morgan fingerprint density at radius 2 is 2.06 bits per heavy atom. The summed E-state index contributed by atoms with van der Waals surface area (Å²) in [6, 6.07) is -0.996. The molecular weight excluding hydrogens is 232 g/mol. The fourth-order valence-electron chi connectivity index (χ4n) is 2.39. The highest BCUT2D eigenvalue weighted by atomic mass is 16.4. The summed E-state index contributed by atoms with van der Waals surface area (Å²) in [5.74, 6) is -0.573. The average molecular weight is 256 g/mol. The van der Waals surface area contributed by atoms with E-state index in [9.17, 15) is 9.59 Å². The Morgan fingerprint density at radius 3 is 2.50 bits per heavy atom. The molecule has 0 spiro atoms. The van der Waals surface area contributed by atoms with Gasteiger partial charge in [-0.3, -0.25) is 0 Å². The molecule has 104 valence electrons. The largest absolute Gasteiger partial charge is 0.480 e. The number of nitrogens with one attached hydrogen (secondary N) is 2. The first-order chi connectivity index (χ1) is 8.45. The molecule has 1 aliphatic rings. The smallest absolute Gasteiger partial charge is 0.326 e. The Balaban J connectivity index is 2.48. The molecule has 1 saturated carbocycles. The number of amides is 2. The lowest BCUT2D eigenvalue weighted by molar-refractivity contribution is -0.140. The summed E-state index contributed by atoms with van der Waals surface area (Å²) >= 11 is 0. The van der Waals surface area contributed by atoms with E-state index in [0.717, 1.165) is 25.7 Å². The summed E-state index contributed by atoms with van der Waals surface area (Å²) in [6.45, 7) is 5.86. The Labute approximate surface area is 108 Å². The summed E-state index contributed by atoms with van der Waals surface area (Å²) in [7, 11) is 0. The average Bonchev–Trinajstić information content (AvgIpc) is 2.70. The number of rotatable bonds is 5. The van der Waals surface area contributed by atoms with E-state index in [-0.39, 0.29) is 18.0 Å². The second-order valence-electron chi connectivity index (χ2n) is 5.33. The molecule has 5 nitrogen and oxygen atoms in total. The number of hydrogen-bond acceptors (Lipinski definition) is 2. The summed E-state index contributed by atoms with van der Waals surface area (Å²) < 4.78 is 0. The van der Waals surface area contributed by atoms with Crippen LogP contribution in [0.1, 0.15) is 46.5 Å². The lowest BCUT2D eigenvalue weighted by Crippen LogP contribution is -2.51. The molecule has 1 aliphatic carbocycles. The van der Waals surface area contributed by atoms with Crippen molar-refractivity contribution in [2.45, 2.75) is 58.5 Å². The second kappa shape index (κ2) is 6.61. The van der Waals surface area contributed by atoms with Crippen molar-refractivity contribution in [3.63, 3.8) is 0 Å². The van der Waals surface area contributed by atoms with Gasteiger partial charge in [0.15, 0.2) is 0 Å². The number of hydrogen-bond donors (Lipinski definition) is 3. The number of carbonyl (C=O) groups excluding carboxylic acids is 1. The van der Waals surface area contributed by atoms with E-state index in [1.807, 2.05) is 13.8 Å². The molecule has 0 heterocycles. The lowest BCUT2D eigenvalue weighted by Gasteiger charge is -2.23. The van der Waals surface area contributed by atoms with Crippen molar-refractivity contribution in [1.29, 1.82) is 0 Å². The zero-order chi connectivity index (χ0) is 13.7. The van der Waals surface area contributed by atoms with Gasteiger partial charge >= 0.3 is 12.0 Å². The number of carboxylic acids is 1. The minimum atomic E-state index is -0.973. The van der Waals surface area contributed by atoms with Gasteiger partial charge < -0.3 is 15.7 Å². The minimum Gasteiger partial charge on any atom is -0.480 e. The third-order valence-corrected chi connectivity index (χ3v) is 3.94. The van der Waals surface area contributed by atoms with Gasteiger partial charge in [-0.05, 0) is 24.7 Å². The maximum Gasteiger partial charge on any atom is 0.326 e. The quantitative estimate of drug-likeness (QED) is 0.703. The van der Waals surface area contributed by atoms with E-state index in [0.29, 0.717) is 5.92 Å². The van der Waals surface area contributed by atoms with Crippen LogP contribution >= 0.6 is 0 Å². The van der Waals surface area contributed by atoms with Crippen LogP contribution < -0.4 is 10.6 Å². The van der Waals surface area contributed by atoms with Crippen LogP contribution in [-0.4, -0.2) is 29.2 Å².